The van der Waals surface area contributed by atoms with Crippen LogP contribution < -0.4 is 5.32 Å². The second kappa shape index (κ2) is 8.41. The van der Waals surface area contributed by atoms with Gasteiger partial charge < -0.3 is 15.3 Å². The molecule has 7 heteroatoms. The van der Waals surface area contributed by atoms with Crippen LogP contribution in [0.3, 0.4) is 0 Å². The highest BCUT2D eigenvalue weighted by molar-refractivity contribution is 6.33. The first-order valence-corrected chi connectivity index (χ1v) is 9.17. The Balaban J connectivity index is 1.53. The van der Waals surface area contributed by atoms with Gasteiger partial charge in [-0.1, -0.05) is 35.4 Å². The summed E-state index contributed by atoms with van der Waals surface area (Å²) < 4.78 is 0. The zero-order valence-electron chi connectivity index (χ0n) is 15.1. The molecule has 0 radical (unpaired) electrons. The summed E-state index contributed by atoms with van der Waals surface area (Å²) in [5.41, 5.74) is 1.83. The fraction of sp³-hybridized carbons (Fsp3) is 0.300. The van der Waals surface area contributed by atoms with Crippen molar-refractivity contribution < 1.29 is 14.7 Å². The molecule has 2 amide bonds. The number of nitrogens with zero attached hydrogens (tertiary/aromatic N) is 2. The van der Waals surface area contributed by atoms with E-state index in [9.17, 15) is 14.7 Å². The maximum absolute atomic E-state index is 12.6. The lowest BCUT2D eigenvalue weighted by atomic mass is 10.1. The molecule has 1 saturated heterocycles. The number of carbonyl (C=O) groups is 2. The van der Waals surface area contributed by atoms with E-state index in [1.54, 1.807) is 35.2 Å². The first kappa shape index (κ1) is 19.2. The van der Waals surface area contributed by atoms with Gasteiger partial charge in [0.2, 0.25) is 5.91 Å². The van der Waals surface area contributed by atoms with Crippen molar-refractivity contribution in [1.82, 2.24) is 9.80 Å². The van der Waals surface area contributed by atoms with E-state index in [4.69, 9.17) is 11.6 Å². The van der Waals surface area contributed by atoms with Crippen LogP contribution in [0.15, 0.2) is 42.5 Å². The average molecular weight is 388 g/mol. The molecule has 6 nitrogen and oxygen atoms in total. The van der Waals surface area contributed by atoms with Gasteiger partial charge in [0, 0.05) is 26.2 Å². The maximum atomic E-state index is 12.6. The van der Waals surface area contributed by atoms with Crippen LogP contribution in [0.1, 0.15) is 15.9 Å². The van der Waals surface area contributed by atoms with Gasteiger partial charge in [-0.2, -0.15) is 0 Å². The van der Waals surface area contributed by atoms with Crippen LogP contribution in [-0.2, 0) is 4.79 Å². The third-order valence-electron chi connectivity index (χ3n) is 4.56. The molecule has 1 aliphatic rings. The summed E-state index contributed by atoms with van der Waals surface area (Å²) in [6.07, 6.45) is 0. The van der Waals surface area contributed by atoms with Crippen molar-refractivity contribution in [2.24, 2.45) is 0 Å². The smallest absolute Gasteiger partial charge is 0.257 e. The number of halogens is 1. The molecule has 0 atom stereocenters. The lowest BCUT2D eigenvalue weighted by molar-refractivity contribution is -0.117. The Hall–Kier alpha value is -2.57. The van der Waals surface area contributed by atoms with Gasteiger partial charge in [0.1, 0.15) is 5.75 Å². The van der Waals surface area contributed by atoms with Gasteiger partial charge in [0.15, 0.2) is 0 Å². The fourth-order valence-corrected chi connectivity index (χ4v) is 3.24. The predicted molar refractivity (Wildman–Crippen MR) is 105 cm³/mol. The molecule has 0 bridgehead atoms. The maximum Gasteiger partial charge on any atom is 0.257 e. The molecule has 2 aromatic rings. The average Bonchev–Trinajstić information content (AvgIpc) is 2.65. The van der Waals surface area contributed by atoms with Crippen LogP contribution in [0.2, 0.25) is 5.02 Å². The van der Waals surface area contributed by atoms with E-state index in [0.29, 0.717) is 42.5 Å². The van der Waals surface area contributed by atoms with Crippen LogP contribution >= 0.6 is 11.6 Å². The fourth-order valence-electron chi connectivity index (χ4n) is 3.06. The van der Waals surface area contributed by atoms with E-state index in [1.807, 2.05) is 17.9 Å². The number of aryl methyl sites for hydroxylation is 1. The molecule has 0 unspecified atom stereocenters. The van der Waals surface area contributed by atoms with E-state index in [-0.39, 0.29) is 24.1 Å². The molecule has 0 aromatic heterocycles. The summed E-state index contributed by atoms with van der Waals surface area (Å²) in [5.74, 6) is -0.331. The quantitative estimate of drug-likeness (QED) is 0.846. The highest BCUT2D eigenvalue weighted by Crippen LogP contribution is 2.22. The zero-order chi connectivity index (χ0) is 19.4. The van der Waals surface area contributed by atoms with E-state index in [2.05, 4.69) is 5.32 Å². The van der Waals surface area contributed by atoms with Crippen molar-refractivity contribution in [2.75, 3.05) is 38.0 Å². The predicted octanol–water partition coefficient (Wildman–Crippen LogP) is 2.75. The Bertz CT molecular complexity index is 848. The summed E-state index contributed by atoms with van der Waals surface area (Å²) >= 11 is 6.05. The summed E-state index contributed by atoms with van der Waals surface area (Å²) in [4.78, 5) is 28.6. The van der Waals surface area contributed by atoms with Crippen LogP contribution in [0.25, 0.3) is 0 Å². The molecular weight excluding hydrogens is 366 g/mol. The number of piperazine rings is 1. The van der Waals surface area contributed by atoms with Crippen molar-refractivity contribution in [2.45, 2.75) is 6.92 Å². The molecule has 2 aromatic carbocycles. The molecule has 0 spiro atoms. The van der Waals surface area contributed by atoms with Gasteiger partial charge in [-0.3, -0.25) is 14.5 Å². The third kappa shape index (κ3) is 4.78. The number of phenolic OH excluding ortho intramolecular Hbond substituents is 1. The highest BCUT2D eigenvalue weighted by Gasteiger charge is 2.25. The molecule has 3 rings (SSSR count). The molecular formula is C20H22ClN3O3. The summed E-state index contributed by atoms with van der Waals surface area (Å²) in [5, 5.41) is 13.3. The Kier molecular flexibility index (Phi) is 5.98. The van der Waals surface area contributed by atoms with Crippen LogP contribution in [0.4, 0.5) is 5.69 Å². The number of hydrogen-bond donors (Lipinski definition) is 2. The lowest BCUT2D eigenvalue weighted by Crippen LogP contribution is -2.50. The minimum atomic E-state index is -0.184. The Morgan fingerprint density at radius 3 is 2.52 bits per heavy atom. The Morgan fingerprint density at radius 2 is 1.81 bits per heavy atom. The standard InChI is InChI=1S/C20H22ClN3O3/c1-14-6-7-18(25)15(12-14)20(27)24-10-8-23(9-11-24)13-19(26)22-17-5-3-2-4-16(17)21/h2-7,12,25H,8-11,13H2,1H3,(H,22,26). The van der Waals surface area contributed by atoms with Crippen molar-refractivity contribution >= 4 is 29.1 Å². The minimum Gasteiger partial charge on any atom is -0.507 e. The number of aromatic hydroxyl groups is 1. The molecule has 1 fully saturated rings. The van der Waals surface area contributed by atoms with Crippen LogP contribution in [-0.4, -0.2) is 59.4 Å². The van der Waals surface area contributed by atoms with Gasteiger partial charge >= 0.3 is 0 Å². The number of nitrogens with one attached hydrogen (secondary N) is 1. The van der Waals surface area contributed by atoms with Crippen LogP contribution in [0.5, 0.6) is 5.75 Å². The van der Waals surface area contributed by atoms with Crippen LogP contribution in [0, 0.1) is 6.92 Å². The Morgan fingerprint density at radius 1 is 1.11 bits per heavy atom. The second-order valence-electron chi connectivity index (χ2n) is 6.62. The van der Waals surface area contributed by atoms with Crippen molar-refractivity contribution in [3.05, 3.63) is 58.6 Å². The minimum absolute atomic E-state index is 0.00727. The van der Waals surface area contributed by atoms with Crippen molar-refractivity contribution in [1.29, 1.82) is 0 Å². The van der Waals surface area contributed by atoms with Gasteiger partial charge in [-0.05, 0) is 31.2 Å². The van der Waals surface area contributed by atoms with E-state index < -0.39 is 0 Å². The van der Waals surface area contributed by atoms with Gasteiger partial charge in [0.25, 0.3) is 5.91 Å². The normalized spacial score (nSPS) is 14.8. The number of benzene rings is 2. The number of phenols is 1. The van der Waals surface area contributed by atoms with Crippen molar-refractivity contribution in [3.8, 4) is 5.75 Å². The van der Waals surface area contributed by atoms with Gasteiger partial charge in [0.05, 0.1) is 22.8 Å². The number of hydrogen-bond acceptors (Lipinski definition) is 4. The monoisotopic (exact) mass is 387 g/mol. The largest absolute Gasteiger partial charge is 0.507 e. The molecule has 142 valence electrons. The first-order valence-electron chi connectivity index (χ1n) is 8.79. The highest BCUT2D eigenvalue weighted by atomic mass is 35.5. The molecule has 0 saturated carbocycles. The SMILES string of the molecule is Cc1ccc(O)c(C(=O)N2CCN(CC(=O)Nc3ccccc3Cl)CC2)c1. The van der Waals surface area contributed by atoms with Crippen molar-refractivity contribution in [3.63, 3.8) is 0 Å². The molecule has 1 heterocycles. The molecule has 0 aliphatic carbocycles. The third-order valence-corrected chi connectivity index (χ3v) is 4.89. The number of amides is 2. The second-order valence-corrected chi connectivity index (χ2v) is 7.02. The summed E-state index contributed by atoms with van der Waals surface area (Å²) in [6.45, 7) is 4.31. The molecule has 2 N–H and O–H groups in total. The summed E-state index contributed by atoms with van der Waals surface area (Å²) in [7, 11) is 0. The van der Waals surface area contributed by atoms with E-state index in [1.165, 1.54) is 6.07 Å². The van der Waals surface area contributed by atoms with E-state index >= 15 is 0 Å². The summed E-state index contributed by atoms with van der Waals surface area (Å²) in [6, 6.07) is 12.1. The number of rotatable bonds is 4. The number of para-hydroxylation sites is 1. The molecule has 1 aliphatic heterocycles. The Labute approximate surface area is 163 Å². The van der Waals surface area contributed by atoms with E-state index in [0.717, 1.165) is 5.56 Å². The van der Waals surface area contributed by atoms with Gasteiger partial charge in [-0.25, -0.2) is 0 Å². The lowest BCUT2D eigenvalue weighted by Gasteiger charge is -2.34. The van der Waals surface area contributed by atoms with Gasteiger partial charge in [-0.15, -0.1) is 0 Å². The zero-order valence-corrected chi connectivity index (χ0v) is 15.9. The topological polar surface area (TPSA) is 72.9 Å². The molecule has 27 heavy (non-hydrogen) atoms. The number of carbonyl (C=O) groups excluding carboxylic acids is 2. The first-order chi connectivity index (χ1) is 12.9. The number of anilines is 1.